The van der Waals surface area contributed by atoms with Crippen molar-refractivity contribution < 1.29 is 28.6 Å². The molecule has 0 amide bonds. The Labute approximate surface area is 235 Å². The van der Waals surface area contributed by atoms with Gasteiger partial charge in [0.1, 0.15) is 11.5 Å². The van der Waals surface area contributed by atoms with Gasteiger partial charge in [-0.05, 0) is 80.0 Å². The molecule has 0 aliphatic heterocycles. The van der Waals surface area contributed by atoms with E-state index in [-0.39, 0.29) is 40.5 Å². The lowest BCUT2D eigenvalue weighted by Crippen LogP contribution is -2.13. The van der Waals surface area contributed by atoms with Crippen LogP contribution in [0.3, 0.4) is 0 Å². The summed E-state index contributed by atoms with van der Waals surface area (Å²) >= 11 is 0. The predicted molar refractivity (Wildman–Crippen MR) is 155 cm³/mol. The molecule has 6 nitrogen and oxygen atoms in total. The van der Waals surface area contributed by atoms with E-state index < -0.39 is 11.9 Å². The Morgan fingerprint density at radius 2 is 1.68 bits per heavy atom. The summed E-state index contributed by atoms with van der Waals surface area (Å²) in [6.07, 6.45) is 8.62. The van der Waals surface area contributed by atoms with E-state index in [0.717, 1.165) is 30.4 Å². The molecular formula is C34H34O6. The van der Waals surface area contributed by atoms with Gasteiger partial charge >= 0.3 is 17.9 Å². The van der Waals surface area contributed by atoms with Gasteiger partial charge in [0, 0.05) is 40.7 Å². The maximum absolute atomic E-state index is 12.4. The Hall–Kier alpha value is -4.45. The minimum Gasteiger partial charge on any atom is -0.462 e. The minimum absolute atomic E-state index is 0.234. The first-order chi connectivity index (χ1) is 19.1. The molecule has 0 radical (unpaired) electrons. The molecule has 206 valence electrons. The number of carbonyl (C=O) groups excluding carboxylic acids is 3. The van der Waals surface area contributed by atoms with Crippen molar-refractivity contribution in [2.24, 2.45) is 5.92 Å². The lowest BCUT2D eigenvalue weighted by molar-refractivity contribution is -0.138. The standard InChI is InChI=1S/C34H34O6/c1-7-32(35)38-19-26-9-8-25-17-24(11-14-29(25)26)23-10-13-28(22(6)16-23)30-15-12-27(39-33(36)20(2)3)18-31(30)40-34(37)21(4)5/h7,10,12-18,24,26H,1-2,4,8-9,11,19H2,3,5-6H3. The van der Waals surface area contributed by atoms with Crippen molar-refractivity contribution >= 4 is 17.9 Å². The second-order valence-electron chi connectivity index (χ2n) is 10.3. The zero-order valence-electron chi connectivity index (χ0n) is 23.3. The first kappa shape index (κ1) is 28.6. The van der Waals surface area contributed by atoms with Crippen molar-refractivity contribution in [3.05, 3.63) is 108 Å². The third-order valence-corrected chi connectivity index (χ3v) is 7.19. The molecule has 2 aromatic carbocycles. The lowest BCUT2D eigenvalue weighted by atomic mass is 9.84. The molecule has 1 saturated carbocycles. The Balaban J connectivity index is 1.58. The van der Waals surface area contributed by atoms with Crippen LogP contribution in [-0.2, 0) is 19.1 Å². The highest BCUT2D eigenvalue weighted by molar-refractivity contribution is 5.91. The molecule has 2 aliphatic rings. The number of hydrogen-bond donors (Lipinski definition) is 0. The van der Waals surface area contributed by atoms with E-state index in [9.17, 15) is 14.4 Å². The molecule has 0 bridgehead atoms. The highest BCUT2D eigenvalue weighted by atomic mass is 16.5. The summed E-state index contributed by atoms with van der Waals surface area (Å²) in [5.74, 6) is -0.510. The molecule has 2 atom stereocenters. The summed E-state index contributed by atoms with van der Waals surface area (Å²) in [6, 6.07) is 11.3. The molecule has 0 heterocycles. The van der Waals surface area contributed by atoms with Gasteiger partial charge in [-0.2, -0.15) is 0 Å². The van der Waals surface area contributed by atoms with Crippen molar-refractivity contribution in [2.45, 2.75) is 46.0 Å². The fourth-order valence-corrected chi connectivity index (χ4v) is 5.05. The molecular weight excluding hydrogens is 504 g/mol. The van der Waals surface area contributed by atoms with Gasteiger partial charge in [0.15, 0.2) is 0 Å². The van der Waals surface area contributed by atoms with Gasteiger partial charge in [-0.25, -0.2) is 14.4 Å². The number of ether oxygens (including phenoxy) is 3. The largest absolute Gasteiger partial charge is 0.462 e. The molecule has 0 saturated heterocycles. The monoisotopic (exact) mass is 538 g/mol. The SMILES string of the molecule is C=CC(=O)OCC1CCC2=CC(c3ccc(-c4ccc(OC(=O)C(=C)C)cc4OC(=O)C(=C)C)c(C)c3)CC=C21. The molecule has 1 fully saturated rings. The van der Waals surface area contributed by atoms with Gasteiger partial charge in [-0.1, -0.05) is 50.1 Å². The summed E-state index contributed by atoms with van der Waals surface area (Å²) in [5.41, 5.74) is 6.95. The van der Waals surface area contributed by atoms with Crippen LogP contribution in [-0.4, -0.2) is 24.5 Å². The number of hydrogen-bond acceptors (Lipinski definition) is 6. The molecule has 6 heteroatoms. The number of fused-ring (bicyclic) bond motifs is 1. The van der Waals surface area contributed by atoms with Crippen LogP contribution in [0.1, 0.15) is 50.2 Å². The van der Waals surface area contributed by atoms with Gasteiger partial charge in [0.05, 0.1) is 6.61 Å². The van der Waals surface area contributed by atoms with E-state index in [1.165, 1.54) is 28.9 Å². The number of aryl methyl sites for hydroxylation is 1. The van der Waals surface area contributed by atoms with Crippen LogP contribution >= 0.6 is 0 Å². The van der Waals surface area contributed by atoms with Crippen molar-refractivity contribution in [1.29, 1.82) is 0 Å². The fraction of sp³-hybridized carbons (Fsp3) is 0.265. The minimum atomic E-state index is -0.565. The highest BCUT2D eigenvalue weighted by Gasteiger charge is 2.30. The van der Waals surface area contributed by atoms with E-state index in [4.69, 9.17) is 14.2 Å². The van der Waals surface area contributed by atoms with Gasteiger partial charge in [-0.15, -0.1) is 0 Å². The van der Waals surface area contributed by atoms with E-state index in [0.29, 0.717) is 12.2 Å². The van der Waals surface area contributed by atoms with Crippen LogP contribution in [0.2, 0.25) is 0 Å². The summed E-state index contributed by atoms with van der Waals surface area (Å²) in [6.45, 7) is 16.3. The Kier molecular flexibility index (Phi) is 8.68. The molecule has 40 heavy (non-hydrogen) atoms. The molecule has 0 spiro atoms. The quantitative estimate of drug-likeness (QED) is 0.192. The van der Waals surface area contributed by atoms with Crippen LogP contribution < -0.4 is 9.47 Å². The van der Waals surface area contributed by atoms with Crippen LogP contribution in [0, 0.1) is 12.8 Å². The van der Waals surface area contributed by atoms with Crippen molar-refractivity contribution in [2.75, 3.05) is 6.61 Å². The Bertz CT molecular complexity index is 1470. The van der Waals surface area contributed by atoms with Crippen LogP contribution in [0.4, 0.5) is 0 Å². The normalized spacial score (nSPS) is 17.6. The van der Waals surface area contributed by atoms with E-state index in [1.807, 2.05) is 13.0 Å². The average Bonchev–Trinajstić information content (AvgIpc) is 3.34. The summed E-state index contributed by atoms with van der Waals surface area (Å²) < 4.78 is 16.3. The number of allylic oxidation sites excluding steroid dienone is 3. The maximum Gasteiger partial charge on any atom is 0.338 e. The van der Waals surface area contributed by atoms with Crippen LogP contribution in [0.25, 0.3) is 11.1 Å². The van der Waals surface area contributed by atoms with Gasteiger partial charge in [0.25, 0.3) is 0 Å². The molecule has 0 N–H and O–H groups in total. The van der Waals surface area contributed by atoms with Crippen molar-refractivity contribution in [3.8, 4) is 22.6 Å². The number of esters is 3. The van der Waals surface area contributed by atoms with Crippen LogP contribution in [0.5, 0.6) is 11.5 Å². The molecule has 2 aliphatic carbocycles. The maximum atomic E-state index is 12.4. The summed E-state index contributed by atoms with van der Waals surface area (Å²) in [4.78, 5) is 35.9. The second-order valence-corrected chi connectivity index (χ2v) is 10.3. The number of carbonyl (C=O) groups is 3. The van der Waals surface area contributed by atoms with Crippen molar-refractivity contribution in [1.82, 2.24) is 0 Å². The smallest absolute Gasteiger partial charge is 0.338 e. The topological polar surface area (TPSA) is 78.9 Å². The van der Waals surface area contributed by atoms with Crippen molar-refractivity contribution in [3.63, 3.8) is 0 Å². The van der Waals surface area contributed by atoms with Gasteiger partial charge in [-0.3, -0.25) is 0 Å². The average molecular weight is 539 g/mol. The van der Waals surface area contributed by atoms with Crippen LogP contribution in [0.15, 0.2) is 96.7 Å². The molecule has 2 unspecified atom stereocenters. The van der Waals surface area contributed by atoms with Gasteiger partial charge < -0.3 is 14.2 Å². The van der Waals surface area contributed by atoms with E-state index in [1.54, 1.807) is 26.0 Å². The Morgan fingerprint density at radius 3 is 2.35 bits per heavy atom. The van der Waals surface area contributed by atoms with Gasteiger partial charge in [0.2, 0.25) is 0 Å². The first-order valence-electron chi connectivity index (χ1n) is 13.3. The predicted octanol–water partition coefficient (Wildman–Crippen LogP) is 7.10. The highest BCUT2D eigenvalue weighted by Crippen LogP contribution is 2.44. The first-order valence-corrected chi connectivity index (χ1v) is 13.3. The number of benzene rings is 2. The van der Waals surface area contributed by atoms with E-state index in [2.05, 4.69) is 44.0 Å². The summed E-state index contributed by atoms with van der Waals surface area (Å²) in [5, 5.41) is 0. The number of rotatable bonds is 9. The Morgan fingerprint density at radius 1 is 0.975 bits per heavy atom. The lowest BCUT2D eigenvalue weighted by Gasteiger charge is -2.22. The summed E-state index contributed by atoms with van der Waals surface area (Å²) in [7, 11) is 0. The third kappa shape index (κ3) is 6.40. The molecule has 2 aromatic rings. The molecule has 0 aromatic heterocycles. The fourth-order valence-electron chi connectivity index (χ4n) is 5.05. The van der Waals surface area contributed by atoms with E-state index >= 15 is 0 Å². The zero-order chi connectivity index (χ0) is 29.0. The second kappa shape index (κ2) is 12.2. The molecule has 4 rings (SSSR count). The third-order valence-electron chi connectivity index (χ3n) is 7.19. The zero-order valence-corrected chi connectivity index (χ0v) is 23.3.